The van der Waals surface area contributed by atoms with Crippen molar-refractivity contribution >= 4 is 43.5 Å². The molecule has 1 nitrogen and oxygen atoms in total. The summed E-state index contributed by atoms with van der Waals surface area (Å²) in [5.41, 5.74) is 3.21. The predicted octanol–water partition coefficient (Wildman–Crippen LogP) is 12.6. The van der Waals surface area contributed by atoms with Gasteiger partial charge in [0.2, 0.25) is 0 Å². The van der Waals surface area contributed by atoms with Gasteiger partial charge in [-0.15, -0.1) is 0 Å². The summed E-state index contributed by atoms with van der Waals surface area (Å²) in [4.78, 5) is 0. The first kappa shape index (κ1) is 16.8. The van der Waals surface area contributed by atoms with Crippen LogP contribution in [0.5, 0.6) is 0 Å². The zero-order valence-electron chi connectivity index (χ0n) is 34.7. The van der Waals surface area contributed by atoms with Crippen LogP contribution in [0, 0.1) is 0 Å². The summed E-state index contributed by atoms with van der Waals surface area (Å²) in [5, 5.41) is 3.95. The molecule has 0 saturated carbocycles. The Morgan fingerprint density at radius 3 is 1.44 bits per heavy atom. The highest BCUT2D eigenvalue weighted by Crippen LogP contribution is 2.44. The SMILES string of the molecule is [2H]c1c([2H])c([2H])c(-c2c([2H])c([2H])c3oc4c([2H])c([2H])c(-c5cccc(-c6c7ccccc7c(-c7ccccc7)c7ccccc67)c5)c([2H])c4c3c2[2H])c([2H])c1[2H]. The van der Waals surface area contributed by atoms with Crippen LogP contribution >= 0.6 is 0 Å². The summed E-state index contributed by atoms with van der Waals surface area (Å²) < 4.78 is 102. The molecule has 1 heteroatoms. The second kappa shape index (κ2) is 10.4. The number of fused-ring (bicyclic) bond motifs is 5. The molecule has 0 radical (unpaired) electrons. The van der Waals surface area contributed by atoms with Crippen molar-refractivity contribution in [1.82, 2.24) is 0 Å². The lowest BCUT2D eigenvalue weighted by molar-refractivity contribution is 0.669. The first-order chi connectivity index (χ1) is 26.9. The Hall–Kier alpha value is -5.92. The van der Waals surface area contributed by atoms with Crippen molar-refractivity contribution in [3.05, 3.63) is 170 Å². The van der Waals surface area contributed by atoms with Gasteiger partial charge >= 0.3 is 0 Å². The van der Waals surface area contributed by atoms with E-state index in [-0.39, 0.29) is 51.2 Å². The Balaban J connectivity index is 1.33. The maximum absolute atomic E-state index is 9.54. The third kappa shape index (κ3) is 4.24. The Bertz CT molecular complexity index is 3070. The van der Waals surface area contributed by atoms with Gasteiger partial charge in [-0.3, -0.25) is 0 Å². The third-order valence-corrected chi connectivity index (χ3v) is 8.19. The minimum Gasteiger partial charge on any atom is -0.456 e. The van der Waals surface area contributed by atoms with Crippen LogP contribution in [-0.2, 0) is 0 Å². The van der Waals surface area contributed by atoms with Gasteiger partial charge in [0.15, 0.2) is 0 Å². The molecule has 8 aromatic carbocycles. The summed E-state index contributed by atoms with van der Waals surface area (Å²) in [5.74, 6) is 0. The maximum atomic E-state index is 9.54. The topological polar surface area (TPSA) is 13.1 Å². The van der Waals surface area contributed by atoms with Crippen LogP contribution < -0.4 is 0 Å². The standard InChI is InChI=1S/C44H28O/c1-3-12-29(13-4-1)32-22-24-41-39(27-32)40-28-33(23-25-42(40)45-41)31-16-11-17-34(26-31)44-37-20-9-7-18-35(37)43(30-14-5-2-6-15-30)36-19-8-10-21-38(36)44/h1-28H/i1D,3D,4D,12D,13D,22D,23D,24D,25D,27D,28D. The van der Waals surface area contributed by atoms with Crippen molar-refractivity contribution in [2.24, 2.45) is 0 Å². The van der Waals surface area contributed by atoms with Crippen LogP contribution in [0.15, 0.2) is 174 Å². The lowest BCUT2D eigenvalue weighted by atomic mass is 9.85. The molecule has 1 heterocycles. The molecule has 0 N–H and O–H groups in total. The highest BCUT2D eigenvalue weighted by molar-refractivity contribution is 6.21. The molecule has 1 aromatic heterocycles. The van der Waals surface area contributed by atoms with Gasteiger partial charge in [0.05, 0.1) is 15.1 Å². The second-order valence-electron chi connectivity index (χ2n) is 10.8. The van der Waals surface area contributed by atoms with Gasteiger partial charge in [-0.1, -0.05) is 139 Å². The van der Waals surface area contributed by atoms with E-state index >= 15 is 0 Å². The fraction of sp³-hybridized carbons (Fsp3) is 0. The molecule has 0 aliphatic heterocycles. The first-order valence-electron chi connectivity index (χ1n) is 20.0. The summed E-state index contributed by atoms with van der Waals surface area (Å²) in [6, 6.07) is 28.2. The molecule has 9 rings (SSSR count). The fourth-order valence-corrected chi connectivity index (χ4v) is 6.23. The zero-order valence-corrected chi connectivity index (χ0v) is 23.7. The van der Waals surface area contributed by atoms with E-state index in [1.165, 1.54) is 0 Å². The molecule has 0 unspecified atom stereocenters. The molecule has 0 saturated heterocycles. The second-order valence-corrected chi connectivity index (χ2v) is 10.8. The minimum atomic E-state index is -0.658. The van der Waals surface area contributed by atoms with E-state index in [2.05, 4.69) is 36.4 Å². The van der Waals surface area contributed by atoms with Crippen LogP contribution in [-0.4, -0.2) is 0 Å². The van der Waals surface area contributed by atoms with Crippen LogP contribution in [0.25, 0.3) is 88.0 Å². The van der Waals surface area contributed by atoms with Crippen molar-refractivity contribution in [3.8, 4) is 44.5 Å². The van der Waals surface area contributed by atoms with E-state index in [0.29, 0.717) is 5.56 Å². The molecular weight excluding hydrogens is 544 g/mol. The molecule has 45 heavy (non-hydrogen) atoms. The van der Waals surface area contributed by atoms with Crippen LogP contribution in [0.4, 0.5) is 0 Å². The highest BCUT2D eigenvalue weighted by Gasteiger charge is 2.17. The average Bonchev–Trinajstić information content (AvgIpc) is 3.63. The van der Waals surface area contributed by atoms with Crippen LogP contribution in [0.1, 0.15) is 15.1 Å². The Morgan fingerprint density at radius 2 is 0.844 bits per heavy atom. The molecule has 0 spiro atoms. The van der Waals surface area contributed by atoms with Crippen molar-refractivity contribution < 1.29 is 19.5 Å². The van der Waals surface area contributed by atoms with Crippen molar-refractivity contribution in [3.63, 3.8) is 0 Å². The van der Waals surface area contributed by atoms with Crippen molar-refractivity contribution in [1.29, 1.82) is 0 Å². The van der Waals surface area contributed by atoms with Gasteiger partial charge in [0.1, 0.15) is 11.2 Å². The highest BCUT2D eigenvalue weighted by atomic mass is 16.3. The van der Waals surface area contributed by atoms with Crippen molar-refractivity contribution in [2.45, 2.75) is 0 Å². The lowest BCUT2D eigenvalue weighted by Gasteiger charge is -2.18. The summed E-state index contributed by atoms with van der Waals surface area (Å²) in [7, 11) is 0. The number of benzene rings is 8. The van der Waals surface area contributed by atoms with E-state index in [9.17, 15) is 2.74 Å². The monoisotopic (exact) mass is 583 g/mol. The molecular formula is C44H28O. The van der Waals surface area contributed by atoms with E-state index in [1.54, 1.807) is 6.07 Å². The fourth-order valence-electron chi connectivity index (χ4n) is 6.23. The summed E-state index contributed by atoms with van der Waals surface area (Å²) >= 11 is 0. The molecule has 9 aromatic rings. The summed E-state index contributed by atoms with van der Waals surface area (Å²) in [6.07, 6.45) is 0. The molecule has 210 valence electrons. The largest absolute Gasteiger partial charge is 0.456 e. The zero-order chi connectivity index (χ0) is 39.3. The quantitative estimate of drug-likeness (QED) is 0.188. The van der Waals surface area contributed by atoms with Gasteiger partial charge < -0.3 is 4.42 Å². The number of rotatable bonds is 4. The molecule has 0 fully saturated rings. The molecule has 0 amide bonds. The summed E-state index contributed by atoms with van der Waals surface area (Å²) in [6.45, 7) is 0. The van der Waals surface area contributed by atoms with Gasteiger partial charge in [-0.2, -0.15) is 0 Å². The predicted molar refractivity (Wildman–Crippen MR) is 190 cm³/mol. The van der Waals surface area contributed by atoms with Gasteiger partial charge in [-0.05, 0) is 96.3 Å². The normalized spacial score (nSPS) is 15.0. The maximum Gasteiger partial charge on any atom is 0.135 e. The van der Waals surface area contributed by atoms with Gasteiger partial charge in [0.25, 0.3) is 0 Å². The Morgan fingerprint density at radius 1 is 0.356 bits per heavy atom. The molecule has 0 aliphatic rings. The Labute approximate surface area is 277 Å². The van der Waals surface area contributed by atoms with Crippen LogP contribution in [0.3, 0.4) is 0 Å². The van der Waals surface area contributed by atoms with E-state index < -0.39 is 53.9 Å². The lowest BCUT2D eigenvalue weighted by Crippen LogP contribution is -1.91. The minimum absolute atomic E-state index is 0.0448. The van der Waals surface area contributed by atoms with Crippen LogP contribution in [0.2, 0.25) is 0 Å². The molecule has 0 aliphatic carbocycles. The average molecular weight is 584 g/mol. The number of furan rings is 1. The van der Waals surface area contributed by atoms with Gasteiger partial charge in [-0.25, -0.2) is 0 Å². The van der Waals surface area contributed by atoms with E-state index in [4.69, 9.17) is 16.8 Å². The molecule has 0 bridgehead atoms. The van der Waals surface area contributed by atoms with E-state index in [1.807, 2.05) is 60.7 Å². The smallest absolute Gasteiger partial charge is 0.135 e. The van der Waals surface area contributed by atoms with Gasteiger partial charge in [0, 0.05) is 10.8 Å². The molecule has 0 atom stereocenters. The Kier molecular flexibility index (Phi) is 3.87. The van der Waals surface area contributed by atoms with E-state index in [0.717, 1.165) is 43.8 Å². The number of hydrogen-bond donors (Lipinski definition) is 0. The first-order valence-corrected chi connectivity index (χ1v) is 14.5. The third-order valence-electron chi connectivity index (χ3n) is 8.19. The number of hydrogen-bond acceptors (Lipinski definition) is 1. The van der Waals surface area contributed by atoms with Crippen molar-refractivity contribution in [2.75, 3.05) is 0 Å².